The molecule has 0 aliphatic carbocycles. The van der Waals surface area contributed by atoms with Gasteiger partial charge >= 0.3 is 5.97 Å². The first-order chi connectivity index (χ1) is 10.6. The van der Waals surface area contributed by atoms with E-state index in [0.29, 0.717) is 10.6 Å². The van der Waals surface area contributed by atoms with E-state index in [4.69, 9.17) is 11.6 Å². The number of benzene rings is 3. The largest absolute Gasteiger partial charge is 0.478 e. The molecule has 2 nitrogen and oxygen atoms in total. The van der Waals surface area contributed by atoms with Crippen molar-refractivity contribution in [3.8, 4) is 0 Å². The SMILES string of the molecule is O=C(O)/C(=C\c1ccc(Cl)cc1)c1cccc2ccccc12. The van der Waals surface area contributed by atoms with Gasteiger partial charge in [-0.15, -0.1) is 0 Å². The third-order valence-corrected chi connectivity index (χ3v) is 3.74. The van der Waals surface area contributed by atoms with Crippen molar-refractivity contribution in [1.29, 1.82) is 0 Å². The first-order valence-electron chi connectivity index (χ1n) is 6.84. The summed E-state index contributed by atoms with van der Waals surface area (Å²) in [5.41, 5.74) is 1.77. The molecule has 3 heteroatoms. The van der Waals surface area contributed by atoms with Gasteiger partial charge in [-0.05, 0) is 40.1 Å². The number of fused-ring (bicyclic) bond motifs is 1. The topological polar surface area (TPSA) is 37.3 Å². The van der Waals surface area contributed by atoms with Crippen molar-refractivity contribution in [1.82, 2.24) is 0 Å². The fraction of sp³-hybridized carbons (Fsp3) is 0. The van der Waals surface area contributed by atoms with Crippen LogP contribution in [0.4, 0.5) is 0 Å². The summed E-state index contributed by atoms with van der Waals surface area (Å²) < 4.78 is 0. The minimum Gasteiger partial charge on any atom is -0.478 e. The molecule has 0 atom stereocenters. The Labute approximate surface area is 133 Å². The molecule has 1 N–H and O–H groups in total. The van der Waals surface area contributed by atoms with E-state index in [-0.39, 0.29) is 5.57 Å². The van der Waals surface area contributed by atoms with E-state index < -0.39 is 5.97 Å². The highest BCUT2D eigenvalue weighted by Gasteiger charge is 2.13. The van der Waals surface area contributed by atoms with Gasteiger partial charge in [0.05, 0.1) is 5.57 Å². The minimum absolute atomic E-state index is 0.263. The quantitative estimate of drug-likeness (QED) is 0.538. The average molecular weight is 309 g/mol. The Hall–Kier alpha value is -2.58. The number of carboxylic acids is 1. The van der Waals surface area contributed by atoms with E-state index in [0.717, 1.165) is 16.3 Å². The molecule has 22 heavy (non-hydrogen) atoms. The monoisotopic (exact) mass is 308 g/mol. The van der Waals surface area contributed by atoms with E-state index in [1.54, 1.807) is 30.3 Å². The summed E-state index contributed by atoms with van der Waals surface area (Å²) in [6.07, 6.45) is 1.67. The number of aliphatic carboxylic acids is 1. The van der Waals surface area contributed by atoms with E-state index in [9.17, 15) is 9.90 Å². The minimum atomic E-state index is -0.952. The highest BCUT2D eigenvalue weighted by atomic mass is 35.5. The van der Waals surface area contributed by atoms with Gasteiger partial charge < -0.3 is 5.11 Å². The van der Waals surface area contributed by atoms with Gasteiger partial charge in [0.15, 0.2) is 0 Å². The Kier molecular flexibility index (Phi) is 3.94. The number of halogens is 1. The molecule has 0 unspecified atom stereocenters. The molecule has 108 valence electrons. The fourth-order valence-corrected chi connectivity index (χ4v) is 2.57. The third kappa shape index (κ3) is 2.87. The number of hydrogen-bond donors (Lipinski definition) is 1. The summed E-state index contributed by atoms with van der Waals surface area (Å²) in [7, 11) is 0. The molecule has 0 heterocycles. The smallest absolute Gasteiger partial charge is 0.336 e. The molecule has 0 saturated heterocycles. The van der Waals surface area contributed by atoms with Crippen LogP contribution >= 0.6 is 11.6 Å². The van der Waals surface area contributed by atoms with Gasteiger partial charge in [0.25, 0.3) is 0 Å². The predicted molar refractivity (Wildman–Crippen MR) is 90.9 cm³/mol. The number of carboxylic acid groups (broad SMARTS) is 1. The summed E-state index contributed by atoms with van der Waals surface area (Å²) in [4.78, 5) is 11.7. The fourth-order valence-electron chi connectivity index (χ4n) is 2.44. The van der Waals surface area contributed by atoms with Gasteiger partial charge in [0.2, 0.25) is 0 Å². The van der Waals surface area contributed by atoms with Crippen LogP contribution in [0.2, 0.25) is 5.02 Å². The van der Waals surface area contributed by atoms with Crippen LogP contribution in [0.3, 0.4) is 0 Å². The third-order valence-electron chi connectivity index (χ3n) is 3.49. The van der Waals surface area contributed by atoms with E-state index in [1.807, 2.05) is 42.5 Å². The highest BCUT2D eigenvalue weighted by Crippen LogP contribution is 2.27. The Morgan fingerprint density at radius 2 is 1.59 bits per heavy atom. The van der Waals surface area contributed by atoms with Crippen LogP contribution in [0.5, 0.6) is 0 Å². The van der Waals surface area contributed by atoms with Gasteiger partial charge in [-0.2, -0.15) is 0 Å². The first-order valence-corrected chi connectivity index (χ1v) is 7.21. The Balaban J connectivity index is 2.19. The maximum Gasteiger partial charge on any atom is 0.336 e. The maximum absolute atomic E-state index is 11.7. The first kappa shape index (κ1) is 14.4. The van der Waals surface area contributed by atoms with Crippen molar-refractivity contribution in [2.75, 3.05) is 0 Å². The molecular formula is C19H13ClO2. The average Bonchev–Trinajstić information content (AvgIpc) is 2.54. The molecular weight excluding hydrogens is 296 g/mol. The molecule has 0 fully saturated rings. The second kappa shape index (κ2) is 6.04. The van der Waals surface area contributed by atoms with Gasteiger partial charge in [0, 0.05) is 5.02 Å². The molecule has 0 bridgehead atoms. The molecule has 0 aromatic heterocycles. The number of rotatable bonds is 3. The predicted octanol–water partition coefficient (Wildman–Crippen LogP) is 5.12. The number of carbonyl (C=O) groups is 1. The summed E-state index contributed by atoms with van der Waals surface area (Å²) in [6.45, 7) is 0. The van der Waals surface area contributed by atoms with Crippen LogP contribution in [0, 0.1) is 0 Å². The van der Waals surface area contributed by atoms with Gasteiger partial charge in [-0.25, -0.2) is 4.79 Å². The van der Waals surface area contributed by atoms with E-state index in [1.165, 1.54) is 0 Å². The molecule has 0 aliphatic rings. The van der Waals surface area contributed by atoms with Crippen LogP contribution in [-0.4, -0.2) is 11.1 Å². The van der Waals surface area contributed by atoms with Crippen molar-refractivity contribution in [3.63, 3.8) is 0 Å². The van der Waals surface area contributed by atoms with Crippen LogP contribution in [0.1, 0.15) is 11.1 Å². The Morgan fingerprint density at radius 3 is 2.32 bits per heavy atom. The van der Waals surface area contributed by atoms with Crippen molar-refractivity contribution < 1.29 is 9.90 Å². The summed E-state index contributed by atoms with van der Waals surface area (Å²) in [5.74, 6) is -0.952. The standard InChI is InChI=1S/C19H13ClO2/c20-15-10-8-13(9-11-15)12-18(19(21)22)17-7-3-5-14-4-1-2-6-16(14)17/h1-12H,(H,21,22)/b18-12-. The zero-order valence-electron chi connectivity index (χ0n) is 11.7. The molecule has 0 radical (unpaired) electrons. The van der Waals surface area contributed by atoms with E-state index >= 15 is 0 Å². The summed E-state index contributed by atoms with van der Waals surface area (Å²) >= 11 is 5.87. The highest BCUT2D eigenvalue weighted by molar-refractivity contribution is 6.30. The Morgan fingerprint density at radius 1 is 0.909 bits per heavy atom. The zero-order valence-corrected chi connectivity index (χ0v) is 12.4. The lowest BCUT2D eigenvalue weighted by atomic mass is 9.96. The van der Waals surface area contributed by atoms with Crippen molar-refractivity contribution in [2.45, 2.75) is 0 Å². The molecule has 3 aromatic carbocycles. The second-order valence-electron chi connectivity index (χ2n) is 4.94. The Bertz CT molecular complexity index is 859. The van der Waals surface area contributed by atoms with Gasteiger partial charge in [0.1, 0.15) is 0 Å². The summed E-state index contributed by atoms with van der Waals surface area (Å²) in [5, 5.41) is 12.2. The van der Waals surface area contributed by atoms with Crippen molar-refractivity contribution in [3.05, 3.63) is 82.9 Å². The molecule has 0 amide bonds. The lowest BCUT2D eigenvalue weighted by Gasteiger charge is -2.08. The second-order valence-corrected chi connectivity index (χ2v) is 5.38. The maximum atomic E-state index is 11.7. The summed E-state index contributed by atoms with van der Waals surface area (Å²) in [6, 6.07) is 20.5. The van der Waals surface area contributed by atoms with Crippen LogP contribution in [0.25, 0.3) is 22.4 Å². The normalized spacial score (nSPS) is 11.6. The van der Waals surface area contributed by atoms with Gasteiger partial charge in [-0.1, -0.05) is 66.2 Å². The van der Waals surface area contributed by atoms with Gasteiger partial charge in [-0.3, -0.25) is 0 Å². The zero-order chi connectivity index (χ0) is 15.5. The molecule has 3 rings (SSSR count). The van der Waals surface area contributed by atoms with E-state index in [2.05, 4.69) is 0 Å². The van der Waals surface area contributed by atoms with Crippen molar-refractivity contribution in [2.24, 2.45) is 0 Å². The van der Waals surface area contributed by atoms with Crippen LogP contribution < -0.4 is 0 Å². The van der Waals surface area contributed by atoms with Crippen molar-refractivity contribution >= 4 is 40.0 Å². The molecule has 0 saturated carbocycles. The molecule has 0 aliphatic heterocycles. The molecule has 3 aromatic rings. The van der Waals surface area contributed by atoms with Crippen LogP contribution in [0.15, 0.2) is 66.7 Å². The lowest BCUT2D eigenvalue weighted by Crippen LogP contribution is -2.00. The molecule has 0 spiro atoms. The van der Waals surface area contributed by atoms with Crippen LogP contribution in [-0.2, 0) is 4.79 Å². The number of hydrogen-bond acceptors (Lipinski definition) is 1. The lowest BCUT2D eigenvalue weighted by molar-refractivity contribution is -0.130.